The van der Waals surface area contributed by atoms with Crippen molar-refractivity contribution in [1.29, 1.82) is 0 Å². The number of hydrogen-bond donors (Lipinski definition) is 1. The van der Waals surface area contributed by atoms with Gasteiger partial charge in [-0.05, 0) is 38.1 Å². The van der Waals surface area contributed by atoms with E-state index in [1.54, 1.807) is 0 Å². The Morgan fingerprint density at radius 2 is 2.10 bits per heavy atom. The van der Waals surface area contributed by atoms with Gasteiger partial charge in [-0.15, -0.1) is 0 Å². The first-order valence-corrected chi connectivity index (χ1v) is 7.27. The summed E-state index contributed by atoms with van der Waals surface area (Å²) in [6.07, 6.45) is 0.899. The smallest absolute Gasteiger partial charge is 0.0895 e. The van der Waals surface area contributed by atoms with Crippen molar-refractivity contribution in [2.24, 2.45) is 0 Å². The quantitative estimate of drug-likeness (QED) is 0.877. The molecule has 0 radical (unpaired) electrons. The van der Waals surface area contributed by atoms with Crippen molar-refractivity contribution in [2.75, 3.05) is 13.6 Å². The fourth-order valence-electron chi connectivity index (χ4n) is 3.06. The Morgan fingerprint density at radius 1 is 1.35 bits per heavy atom. The maximum absolute atomic E-state index is 10.6. The van der Waals surface area contributed by atoms with Crippen molar-refractivity contribution < 1.29 is 5.11 Å². The van der Waals surface area contributed by atoms with E-state index in [-0.39, 0.29) is 0 Å². The van der Waals surface area contributed by atoms with Crippen LogP contribution >= 0.6 is 11.6 Å². The average molecular weight is 291 g/mol. The minimum absolute atomic E-state index is 0.648. The summed E-state index contributed by atoms with van der Waals surface area (Å²) in [5.41, 5.74) is 3.08. The van der Waals surface area contributed by atoms with Gasteiger partial charge >= 0.3 is 0 Å². The van der Waals surface area contributed by atoms with Crippen LogP contribution in [0.1, 0.15) is 30.7 Å². The van der Waals surface area contributed by atoms with Gasteiger partial charge in [0.05, 0.1) is 16.1 Å². The average Bonchev–Trinajstić information content (AvgIpc) is 2.35. The lowest BCUT2D eigenvalue weighted by Crippen LogP contribution is -2.31. The van der Waals surface area contributed by atoms with Gasteiger partial charge in [-0.3, -0.25) is 4.98 Å². The molecule has 0 aliphatic carbocycles. The van der Waals surface area contributed by atoms with Crippen LogP contribution in [0.2, 0.25) is 5.02 Å². The Morgan fingerprint density at radius 3 is 2.80 bits per heavy atom. The predicted octanol–water partition coefficient (Wildman–Crippen LogP) is 3.10. The Balaban J connectivity index is 2.41. The van der Waals surface area contributed by atoms with E-state index in [2.05, 4.69) is 11.9 Å². The molecular weight excluding hydrogens is 272 g/mol. The molecule has 1 N–H and O–H groups in total. The van der Waals surface area contributed by atoms with E-state index in [0.717, 1.165) is 47.2 Å². The van der Waals surface area contributed by atoms with Crippen molar-refractivity contribution >= 4 is 22.5 Å². The first kappa shape index (κ1) is 13.8. The summed E-state index contributed by atoms with van der Waals surface area (Å²) in [7, 11) is 2.10. The van der Waals surface area contributed by atoms with Crippen molar-refractivity contribution in [3.05, 3.63) is 40.0 Å². The maximum atomic E-state index is 10.6. The highest BCUT2D eigenvalue weighted by molar-refractivity contribution is 6.35. The van der Waals surface area contributed by atoms with E-state index >= 15 is 0 Å². The van der Waals surface area contributed by atoms with Gasteiger partial charge in [0.15, 0.2) is 0 Å². The van der Waals surface area contributed by atoms with Crippen LogP contribution in [0.3, 0.4) is 0 Å². The van der Waals surface area contributed by atoms with Crippen molar-refractivity contribution in [1.82, 2.24) is 9.88 Å². The van der Waals surface area contributed by atoms with Crippen LogP contribution in [-0.2, 0) is 18.6 Å². The highest BCUT2D eigenvalue weighted by Crippen LogP contribution is 2.36. The second-order valence-corrected chi connectivity index (χ2v) is 6.50. The molecule has 1 aliphatic rings. The van der Waals surface area contributed by atoms with Gasteiger partial charge in [0, 0.05) is 30.6 Å². The van der Waals surface area contributed by atoms with Crippen LogP contribution in [0.5, 0.6) is 0 Å². The lowest BCUT2D eigenvalue weighted by Gasteiger charge is -2.31. The highest BCUT2D eigenvalue weighted by Gasteiger charge is 2.29. The van der Waals surface area contributed by atoms with Gasteiger partial charge in [-0.1, -0.05) is 23.7 Å². The lowest BCUT2D eigenvalue weighted by atomic mass is 9.86. The molecule has 1 aliphatic heterocycles. The molecule has 0 unspecified atom stereocenters. The van der Waals surface area contributed by atoms with E-state index in [9.17, 15) is 5.11 Å². The maximum Gasteiger partial charge on any atom is 0.0895 e. The third kappa shape index (κ3) is 2.20. The molecule has 3 rings (SSSR count). The SMILES string of the molecule is CN1CCc2nc3c(Cl)cccc3c(C(C)(C)O)c2C1. The van der Waals surface area contributed by atoms with Gasteiger partial charge in [0.25, 0.3) is 0 Å². The molecule has 0 atom stereocenters. The number of pyridine rings is 1. The van der Waals surface area contributed by atoms with Gasteiger partial charge < -0.3 is 10.0 Å². The minimum Gasteiger partial charge on any atom is -0.386 e. The predicted molar refractivity (Wildman–Crippen MR) is 82.0 cm³/mol. The summed E-state index contributed by atoms with van der Waals surface area (Å²) in [6.45, 7) is 5.47. The van der Waals surface area contributed by atoms with Crippen LogP contribution in [0.15, 0.2) is 18.2 Å². The van der Waals surface area contributed by atoms with Crippen LogP contribution in [0.4, 0.5) is 0 Å². The molecule has 0 saturated carbocycles. The number of nitrogens with zero attached hydrogens (tertiary/aromatic N) is 2. The van der Waals surface area contributed by atoms with E-state index in [1.807, 2.05) is 32.0 Å². The van der Waals surface area contributed by atoms with Crippen molar-refractivity contribution in [3.63, 3.8) is 0 Å². The Hall–Kier alpha value is -1.16. The summed E-state index contributed by atoms with van der Waals surface area (Å²) in [5, 5.41) is 12.2. The number of halogens is 1. The zero-order chi connectivity index (χ0) is 14.5. The molecule has 0 fully saturated rings. The number of aliphatic hydroxyl groups is 1. The summed E-state index contributed by atoms with van der Waals surface area (Å²) in [5.74, 6) is 0. The summed E-state index contributed by atoms with van der Waals surface area (Å²) in [6, 6.07) is 5.77. The fraction of sp³-hybridized carbons (Fsp3) is 0.438. The van der Waals surface area contributed by atoms with Crippen LogP contribution in [-0.4, -0.2) is 28.6 Å². The number of likely N-dealkylation sites (N-methyl/N-ethyl adjacent to an activating group) is 1. The van der Waals surface area contributed by atoms with Crippen LogP contribution in [0, 0.1) is 0 Å². The summed E-state index contributed by atoms with van der Waals surface area (Å²) >= 11 is 6.30. The molecule has 2 aromatic rings. The summed E-state index contributed by atoms with van der Waals surface area (Å²) < 4.78 is 0. The molecular formula is C16H19ClN2O. The third-order valence-corrected chi connectivity index (χ3v) is 4.23. The largest absolute Gasteiger partial charge is 0.386 e. The number of hydrogen-bond acceptors (Lipinski definition) is 3. The lowest BCUT2D eigenvalue weighted by molar-refractivity contribution is 0.0778. The molecule has 0 spiro atoms. The Kier molecular flexibility index (Phi) is 3.24. The van der Waals surface area contributed by atoms with E-state index in [1.165, 1.54) is 0 Å². The van der Waals surface area contributed by atoms with E-state index in [0.29, 0.717) is 5.02 Å². The van der Waals surface area contributed by atoms with Crippen LogP contribution in [0.25, 0.3) is 10.9 Å². The summed E-state index contributed by atoms with van der Waals surface area (Å²) in [4.78, 5) is 7.01. The van der Waals surface area contributed by atoms with Gasteiger partial charge in [0.2, 0.25) is 0 Å². The Labute approximate surface area is 124 Å². The number of benzene rings is 1. The van der Waals surface area contributed by atoms with Crippen molar-refractivity contribution in [2.45, 2.75) is 32.4 Å². The second-order valence-electron chi connectivity index (χ2n) is 6.09. The van der Waals surface area contributed by atoms with Crippen LogP contribution < -0.4 is 0 Å². The second kappa shape index (κ2) is 4.69. The molecule has 0 bridgehead atoms. The molecule has 4 heteroatoms. The van der Waals surface area contributed by atoms with E-state index < -0.39 is 5.60 Å². The monoisotopic (exact) mass is 290 g/mol. The van der Waals surface area contributed by atoms with Gasteiger partial charge in [-0.25, -0.2) is 0 Å². The molecule has 1 aromatic carbocycles. The number of aromatic nitrogens is 1. The molecule has 2 heterocycles. The zero-order valence-electron chi connectivity index (χ0n) is 12.1. The standard InChI is InChI=1S/C16H19ClN2O/c1-16(2,20)14-10-5-4-6-12(17)15(10)18-13-7-8-19(3)9-11(13)14/h4-6,20H,7-9H2,1-3H3. The molecule has 0 saturated heterocycles. The molecule has 20 heavy (non-hydrogen) atoms. The molecule has 3 nitrogen and oxygen atoms in total. The van der Waals surface area contributed by atoms with Crippen molar-refractivity contribution in [3.8, 4) is 0 Å². The fourth-order valence-corrected chi connectivity index (χ4v) is 3.28. The third-order valence-electron chi connectivity index (χ3n) is 3.92. The zero-order valence-corrected chi connectivity index (χ0v) is 12.8. The number of para-hydroxylation sites is 1. The number of rotatable bonds is 1. The van der Waals surface area contributed by atoms with E-state index in [4.69, 9.17) is 16.6 Å². The molecule has 106 valence electrons. The molecule has 0 amide bonds. The van der Waals surface area contributed by atoms with Gasteiger partial charge in [-0.2, -0.15) is 0 Å². The minimum atomic E-state index is -0.909. The molecule has 1 aromatic heterocycles. The van der Waals surface area contributed by atoms with Gasteiger partial charge in [0.1, 0.15) is 0 Å². The Bertz CT molecular complexity index is 676. The normalized spacial score (nSPS) is 16.4. The topological polar surface area (TPSA) is 36.4 Å². The first-order valence-electron chi connectivity index (χ1n) is 6.89. The number of fused-ring (bicyclic) bond motifs is 2. The highest BCUT2D eigenvalue weighted by atomic mass is 35.5. The first-order chi connectivity index (χ1) is 9.38.